The number of fused-ring (bicyclic) bond motifs is 1. The summed E-state index contributed by atoms with van der Waals surface area (Å²) in [4.78, 5) is 21.1. The van der Waals surface area contributed by atoms with Crippen LogP contribution in [-0.4, -0.2) is 41.9 Å². The fourth-order valence-electron chi connectivity index (χ4n) is 2.84. The summed E-state index contributed by atoms with van der Waals surface area (Å²) < 4.78 is 64.9. The highest BCUT2D eigenvalue weighted by atomic mass is 32.2. The molecule has 0 aromatic heterocycles. The second-order valence-electron chi connectivity index (χ2n) is 6.19. The monoisotopic (exact) mass is 468 g/mol. The molecule has 0 unspecified atom stereocenters. The Morgan fingerprint density at radius 2 is 1.65 bits per heavy atom. The van der Waals surface area contributed by atoms with Gasteiger partial charge in [0.1, 0.15) is 10.6 Å². The first-order valence-electron chi connectivity index (χ1n) is 8.09. The van der Waals surface area contributed by atoms with Crippen LogP contribution in [0.25, 0.3) is 10.8 Å². The Morgan fingerprint density at radius 1 is 0.968 bits per heavy atom. The maximum absolute atomic E-state index is 12.5. The zero-order valence-electron chi connectivity index (χ0n) is 15.1. The third-order valence-electron chi connectivity index (χ3n) is 4.17. The standard InChI is InChI=1S/C17H12N2O10S2/c20-14-8-11(30(24,25)26)7-12-15(31(27,28)29)5-4-13(16(12)14)18-17(21)9-2-1-3-10(6-9)19(22)23/h1-8,20H,(H,18,21)(H,24,25,26)(H,27,28,29). The molecule has 0 bridgehead atoms. The molecule has 0 heterocycles. The van der Waals surface area contributed by atoms with E-state index in [-0.39, 0.29) is 22.3 Å². The number of nitro groups is 1. The Balaban J connectivity index is 2.21. The number of nitrogens with one attached hydrogen (secondary N) is 1. The molecule has 0 spiro atoms. The minimum atomic E-state index is -4.90. The molecular formula is C17H12N2O10S2. The van der Waals surface area contributed by atoms with Crippen LogP contribution in [0.15, 0.2) is 58.3 Å². The summed E-state index contributed by atoms with van der Waals surface area (Å²) >= 11 is 0. The average molecular weight is 468 g/mol. The number of non-ortho nitro benzene ring substituents is 1. The SMILES string of the molecule is O=C(Nc1ccc(S(=O)(=O)O)c2cc(S(=O)(=O)O)cc(O)c12)c1cccc([N+](=O)[O-])c1. The molecule has 0 fully saturated rings. The first-order chi connectivity index (χ1) is 14.3. The number of nitrogens with zero attached hydrogens (tertiary/aromatic N) is 1. The Morgan fingerprint density at radius 3 is 2.23 bits per heavy atom. The Bertz CT molecular complexity index is 1460. The summed E-state index contributed by atoms with van der Waals surface area (Å²) in [5, 5.41) is 22.7. The van der Waals surface area contributed by atoms with Gasteiger partial charge in [0.15, 0.2) is 0 Å². The van der Waals surface area contributed by atoms with Crippen LogP contribution >= 0.6 is 0 Å². The lowest BCUT2D eigenvalue weighted by atomic mass is 10.1. The summed E-state index contributed by atoms with van der Waals surface area (Å²) in [6.07, 6.45) is 0. The topological polar surface area (TPSA) is 201 Å². The van der Waals surface area contributed by atoms with Crippen molar-refractivity contribution in [2.45, 2.75) is 9.79 Å². The van der Waals surface area contributed by atoms with Crippen molar-refractivity contribution in [2.24, 2.45) is 0 Å². The van der Waals surface area contributed by atoms with Crippen molar-refractivity contribution >= 4 is 48.3 Å². The summed E-state index contributed by atoms with van der Waals surface area (Å²) in [7, 11) is -9.75. The average Bonchev–Trinajstić information content (AvgIpc) is 2.66. The number of rotatable bonds is 5. The number of carbonyl (C=O) groups excluding carboxylic acids is 1. The maximum Gasteiger partial charge on any atom is 0.295 e. The van der Waals surface area contributed by atoms with Gasteiger partial charge in [-0.3, -0.25) is 24.0 Å². The molecule has 31 heavy (non-hydrogen) atoms. The molecule has 3 aromatic carbocycles. The maximum atomic E-state index is 12.5. The smallest absolute Gasteiger partial charge is 0.295 e. The summed E-state index contributed by atoms with van der Waals surface area (Å²) in [6, 6.07) is 7.86. The van der Waals surface area contributed by atoms with E-state index in [2.05, 4.69) is 5.32 Å². The zero-order valence-corrected chi connectivity index (χ0v) is 16.7. The molecule has 0 aliphatic rings. The van der Waals surface area contributed by atoms with Crippen LogP contribution in [0.1, 0.15) is 10.4 Å². The second-order valence-corrected chi connectivity index (χ2v) is 9.00. The van der Waals surface area contributed by atoms with Gasteiger partial charge in [-0.2, -0.15) is 16.8 Å². The van der Waals surface area contributed by atoms with Crippen molar-refractivity contribution in [3.8, 4) is 5.75 Å². The predicted octanol–water partition coefficient (Wildman–Crippen LogP) is 2.20. The van der Waals surface area contributed by atoms with E-state index in [0.29, 0.717) is 12.1 Å². The molecule has 0 saturated carbocycles. The lowest BCUT2D eigenvalue weighted by Crippen LogP contribution is -2.13. The van der Waals surface area contributed by atoms with Gasteiger partial charge < -0.3 is 10.4 Å². The van der Waals surface area contributed by atoms with Crippen LogP contribution < -0.4 is 5.32 Å². The molecule has 0 radical (unpaired) electrons. The normalized spacial score (nSPS) is 11.9. The molecule has 3 rings (SSSR count). The van der Waals surface area contributed by atoms with Crippen molar-refractivity contribution in [1.29, 1.82) is 0 Å². The predicted molar refractivity (Wildman–Crippen MR) is 106 cm³/mol. The number of hydrogen-bond acceptors (Lipinski definition) is 8. The molecule has 162 valence electrons. The fraction of sp³-hybridized carbons (Fsp3) is 0. The lowest BCUT2D eigenvalue weighted by Gasteiger charge is -2.13. The van der Waals surface area contributed by atoms with Crippen molar-refractivity contribution < 1.29 is 40.8 Å². The molecule has 3 aromatic rings. The van der Waals surface area contributed by atoms with E-state index in [1.54, 1.807) is 0 Å². The molecule has 14 heteroatoms. The van der Waals surface area contributed by atoms with E-state index in [0.717, 1.165) is 24.3 Å². The molecule has 4 N–H and O–H groups in total. The number of benzene rings is 3. The van der Waals surface area contributed by atoms with Crippen LogP contribution in [0.4, 0.5) is 11.4 Å². The van der Waals surface area contributed by atoms with Gasteiger partial charge in [0, 0.05) is 34.5 Å². The first-order valence-corrected chi connectivity index (χ1v) is 11.0. The molecular weight excluding hydrogens is 456 g/mol. The highest BCUT2D eigenvalue weighted by Gasteiger charge is 2.23. The van der Waals surface area contributed by atoms with Crippen LogP contribution in [0.3, 0.4) is 0 Å². The number of amides is 1. The largest absolute Gasteiger partial charge is 0.507 e. The van der Waals surface area contributed by atoms with Crippen LogP contribution in [0.2, 0.25) is 0 Å². The Kier molecular flexibility index (Phi) is 5.41. The van der Waals surface area contributed by atoms with E-state index in [9.17, 15) is 46.0 Å². The van der Waals surface area contributed by atoms with Crippen LogP contribution in [-0.2, 0) is 20.2 Å². The molecule has 1 amide bonds. The fourth-order valence-corrected chi connectivity index (χ4v) is 4.05. The molecule has 0 saturated heterocycles. The van der Waals surface area contributed by atoms with Gasteiger partial charge in [-0.05, 0) is 24.3 Å². The van der Waals surface area contributed by atoms with E-state index in [1.807, 2.05) is 0 Å². The Labute approximate surface area is 174 Å². The highest BCUT2D eigenvalue weighted by Crippen LogP contribution is 2.38. The van der Waals surface area contributed by atoms with Gasteiger partial charge in [0.25, 0.3) is 31.8 Å². The van der Waals surface area contributed by atoms with Crippen molar-refractivity contribution in [2.75, 3.05) is 5.32 Å². The van der Waals surface area contributed by atoms with Gasteiger partial charge in [0.05, 0.1) is 15.5 Å². The number of carbonyl (C=O) groups is 1. The second kappa shape index (κ2) is 7.59. The number of anilines is 1. The molecule has 0 aliphatic carbocycles. The summed E-state index contributed by atoms with van der Waals surface area (Å²) in [5.41, 5.74) is -0.687. The van der Waals surface area contributed by atoms with Gasteiger partial charge in [-0.15, -0.1) is 0 Å². The Hall–Kier alpha value is -3.59. The number of hydrogen-bond donors (Lipinski definition) is 4. The van der Waals surface area contributed by atoms with Crippen molar-refractivity contribution in [3.05, 3.63) is 64.2 Å². The van der Waals surface area contributed by atoms with Crippen LogP contribution in [0, 0.1) is 10.1 Å². The van der Waals surface area contributed by atoms with E-state index in [4.69, 9.17) is 0 Å². The third-order valence-corrected chi connectivity index (χ3v) is 5.91. The third kappa shape index (κ3) is 4.46. The van der Waals surface area contributed by atoms with Gasteiger partial charge in [0.2, 0.25) is 0 Å². The van der Waals surface area contributed by atoms with E-state index < -0.39 is 52.0 Å². The van der Waals surface area contributed by atoms with Gasteiger partial charge in [-0.25, -0.2) is 0 Å². The van der Waals surface area contributed by atoms with Gasteiger partial charge >= 0.3 is 0 Å². The zero-order chi connectivity index (χ0) is 23.1. The van der Waals surface area contributed by atoms with Gasteiger partial charge in [-0.1, -0.05) is 6.07 Å². The quantitative estimate of drug-likeness (QED) is 0.244. The van der Waals surface area contributed by atoms with Crippen molar-refractivity contribution in [3.63, 3.8) is 0 Å². The summed E-state index contributed by atoms with van der Waals surface area (Å²) in [6.45, 7) is 0. The van der Waals surface area contributed by atoms with Crippen LogP contribution in [0.5, 0.6) is 5.75 Å². The van der Waals surface area contributed by atoms with E-state index in [1.165, 1.54) is 12.1 Å². The molecule has 0 atom stereocenters. The minimum Gasteiger partial charge on any atom is -0.507 e. The number of nitro benzene ring substituents is 1. The number of aromatic hydroxyl groups is 1. The highest BCUT2D eigenvalue weighted by molar-refractivity contribution is 7.86. The number of phenolic OH excluding ortho intramolecular Hbond substituents is 1. The van der Waals surface area contributed by atoms with Crippen molar-refractivity contribution in [1.82, 2.24) is 0 Å². The minimum absolute atomic E-state index is 0.129. The first kappa shape index (κ1) is 22.1. The number of phenols is 1. The molecule has 0 aliphatic heterocycles. The lowest BCUT2D eigenvalue weighted by molar-refractivity contribution is -0.384. The molecule has 12 nitrogen and oxygen atoms in total. The van der Waals surface area contributed by atoms with E-state index >= 15 is 0 Å². The summed E-state index contributed by atoms with van der Waals surface area (Å²) in [5.74, 6) is -1.69.